The fourth-order valence-electron chi connectivity index (χ4n) is 2.90. The van der Waals surface area contributed by atoms with Gasteiger partial charge in [0.15, 0.2) is 0 Å². The molecule has 28 heavy (non-hydrogen) atoms. The lowest BCUT2D eigenvalue weighted by Crippen LogP contribution is -2.35. The van der Waals surface area contributed by atoms with Crippen molar-refractivity contribution < 1.29 is 14.3 Å². The van der Waals surface area contributed by atoms with E-state index in [0.29, 0.717) is 30.0 Å². The van der Waals surface area contributed by atoms with Crippen LogP contribution in [0.5, 0.6) is 0 Å². The van der Waals surface area contributed by atoms with Gasteiger partial charge in [0, 0.05) is 30.5 Å². The summed E-state index contributed by atoms with van der Waals surface area (Å²) in [6, 6.07) is 7.02. The van der Waals surface area contributed by atoms with Crippen LogP contribution in [-0.4, -0.2) is 43.9 Å². The number of carbonyl (C=O) groups is 2. The van der Waals surface area contributed by atoms with Crippen LogP contribution in [0.3, 0.4) is 0 Å². The van der Waals surface area contributed by atoms with Crippen LogP contribution in [0.25, 0.3) is 5.69 Å². The van der Waals surface area contributed by atoms with Gasteiger partial charge in [-0.3, -0.25) is 4.79 Å². The summed E-state index contributed by atoms with van der Waals surface area (Å²) < 4.78 is 8.59. The normalized spacial score (nSPS) is 11.8. The molecule has 8 heteroatoms. The molecule has 0 fully saturated rings. The van der Waals surface area contributed by atoms with Gasteiger partial charge in [0.05, 0.1) is 30.5 Å². The van der Waals surface area contributed by atoms with Gasteiger partial charge in [0.2, 0.25) is 0 Å². The quantitative estimate of drug-likeness (QED) is 0.635. The SMILES string of the molecule is CCOC(=O)c1cnn(-c2ccc(C(=O)N[C@@H](C)Cn3ccnc3)cc2)c1C. The van der Waals surface area contributed by atoms with E-state index in [1.54, 1.807) is 55.3 Å². The monoisotopic (exact) mass is 381 g/mol. The molecule has 2 aromatic heterocycles. The molecule has 0 aliphatic heterocycles. The standard InChI is InChI=1S/C20H23N5O3/c1-4-28-20(27)18-11-22-25(15(18)3)17-7-5-16(6-8-17)19(26)23-14(2)12-24-10-9-21-13-24/h5-11,13-14H,4,12H2,1-3H3,(H,23,26)/t14-/m0/s1. The molecule has 0 spiro atoms. The number of ether oxygens (including phenoxy) is 1. The van der Waals surface area contributed by atoms with Crippen molar-refractivity contribution in [3.8, 4) is 5.69 Å². The Labute approximate surface area is 163 Å². The zero-order valence-electron chi connectivity index (χ0n) is 16.1. The number of nitrogens with one attached hydrogen (secondary N) is 1. The number of nitrogens with zero attached hydrogens (tertiary/aromatic N) is 4. The second-order valence-electron chi connectivity index (χ2n) is 6.46. The summed E-state index contributed by atoms with van der Waals surface area (Å²) in [4.78, 5) is 28.4. The van der Waals surface area contributed by atoms with Crippen molar-refractivity contribution in [3.05, 3.63) is 66.0 Å². The van der Waals surface area contributed by atoms with E-state index in [2.05, 4.69) is 15.4 Å². The van der Waals surface area contributed by atoms with Crippen LogP contribution in [-0.2, 0) is 11.3 Å². The van der Waals surface area contributed by atoms with E-state index >= 15 is 0 Å². The molecule has 3 aromatic rings. The maximum absolute atomic E-state index is 12.4. The molecule has 2 heterocycles. The highest BCUT2D eigenvalue weighted by Gasteiger charge is 2.16. The van der Waals surface area contributed by atoms with Gasteiger partial charge >= 0.3 is 5.97 Å². The lowest BCUT2D eigenvalue weighted by molar-refractivity contribution is 0.0525. The molecule has 0 radical (unpaired) electrons. The van der Waals surface area contributed by atoms with Gasteiger partial charge in [-0.25, -0.2) is 14.5 Å². The molecule has 146 valence electrons. The summed E-state index contributed by atoms with van der Waals surface area (Å²) in [6.07, 6.45) is 6.77. The second kappa shape index (κ2) is 8.51. The predicted octanol–water partition coefficient (Wildman–Crippen LogP) is 2.37. The third-order valence-electron chi connectivity index (χ3n) is 4.30. The Morgan fingerprint density at radius 2 is 2.00 bits per heavy atom. The highest BCUT2D eigenvalue weighted by atomic mass is 16.5. The fourth-order valence-corrected chi connectivity index (χ4v) is 2.90. The number of hydrogen-bond donors (Lipinski definition) is 1. The van der Waals surface area contributed by atoms with Gasteiger partial charge < -0.3 is 14.6 Å². The number of imidazole rings is 1. The summed E-state index contributed by atoms with van der Waals surface area (Å²) in [5.74, 6) is -0.544. The van der Waals surface area contributed by atoms with Crippen molar-refractivity contribution in [2.75, 3.05) is 6.61 Å². The third kappa shape index (κ3) is 4.28. The highest BCUT2D eigenvalue weighted by molar-refractivity contribution is 5.94. The molecule has 1 aromatic carbocycles. The van der Waals surface area contributed by atoms with E-state index in [-0.39, 0.29) is 11.9 Å². The van der Waals surface area contributed by atoms with Crippen molar-refractivity contribution in [3.63, 3.8) is 0 Å². The molecule has 1 atom stereocenters. The predicted molar refractivity (Wildman–Crippen MR) is 103 cm³/mol. The maximum Gasteiger partial charge on any atom is 0.341 e. The van der Waals surface area contributed by atoms with E-state index in [4.69, 9.17) is 4.74 Å². The van der Waals surface area contributed by atoms with Crippen LogP contribution in [0.15, 0.2) is 49.2 Å². The average Bonchev–Trinajstić information content (AvgIpc) is 3.31. The first-order valence-corrected chi connectivity index (χ1v) is 9.08. The molecule has 0 unspecified atom stereocenters. The molecule has 0 saturated carbocycles. The second-order valence-corrected chi connectivity index (χ2v) is 6.46. The van der Waals surface area contributed by atoms with E-state index in [1.165, 1.54) is 6.20 Å². The molecular weight excluding hydrogens is 358 g/mol. The summed E-state index contributed by atoms with van der Waals surface area (Å²) in [5.41, 5.74) is 2.43. The molecule has 1 N–H and O–H groups in total. The number of aromatic nitrogens is 4. The first kappa shape index (κ1) is 19.3. The molecular formula is C20H23N5O3. The van der Waals surface area contributed by atoms with Crippen molar-refractivity contribution in [1.82, 2.24) is 24.6 Å². The Morgan fingerprint density at radius 1 is 1.25 bits per heavy atom. The van der Waals surface area contributed by atoms with Gasteiger partial charge in [0.25, 0.3) is 5.91 Å². The number of carbonyl (C=O) groups excluding carboxylic acids is 2. The Bertz CT molecular complexity index is 945. The van der Waals surface area contributed by atoms with Gasteiger partial charge in [-0.05, 0) is 45.0 Å². The summed E-state index contributed by atoms with van der Waals surface area (Å²) in [6.45, 7) is 6.46. The number of rotatable bonds is 7. The van der Waals surface area contributed by atoms with Crippen molar-refractivity contribution in [1.29, 1.82) is 0 Å². The van der Waals surface area contributed by atoms with Crippen molar-refractivity contribution in [2.24, 2.45) is 0 Å². The van der Waals surface area contributed by atoms with Gasteiger partial charge in [-0.1, -0.05) is 0 Å². The van der Waals surface area contributed by atoms with Crippen LogP contribution in [0.1, 0.15) is 40.3 Å². The molecule has 0 aliphatic carbocycles. The van der Waals surface area contributed by atoms with Crippen LogP contribution in [0.4, 0.5) is 0 Å². The molecule has 0 aliphatic rings. The number of hydrogen-bond acceptors (Lipinski definition) is 5. The largest absolute Gasteiger partial charge is 0.462 e. The Kier molecular flexibility index (Phi) is 5.88. The highest BCUT2D eigenvalue weighted by Crippen LogP contribution is 2.16. The van der Waals surface area contributed by atoms with Crippen LogP contribution < -0.4 is 5.32 Å². The molecule has 0 bridgehead atoms. The number of benzene rings is 1. The zero-order chi connectivity index (χ0) is 20.1. The van der Waals surface area contributed by atoms with Crippen LogP contribution >= 0.6 is 0 Å². The van der Waals surface area contributed by atoms with Crippen molar-refractivity contribution >= 4 is 11.9 Å². The van der Waals surface area contributed by atoms with Crippen molar-refractivity contribution in [2.45, 2.75) is 33.4 Å². The van der Waals surface area contributed by atoms with E-state index in [9.17, 15) is 9.59 Å². The number of amides is 1. The van der Waals surface area contributed by atoms with Gasteiger partial charge in [0.1, 0.15) is 5.56 Å². The van der Waals surface area contributed by atoms with E-state index < -0.39 is 5.97 Å². The van der Waals surface area contributed by atoms with Gasteiger partial charge in [-0.15, -0.1) is 0 Å². The Balaban J connectivity index is 1.68. The van der Waals surface area contributed by atoms with E-state index in [0.717, 1.165) is 5.69 Å². The zero-order valence-corrected chi connectivity index (χ0v) is 16.1. The summed E-state index contributed by atoms with van der Waals surface area (Å²) in [7, 11) is 0. The Morgan fingerprint density at radius 3 is 2.64 bits per heavy atom. The first-order chi connectivity index (χ1) is 13.5. The first-order valence-electron chi connectivity index (χ1n) is 9.08. The minimum absolute atomic E-state index is 0.0399. The van der Waals surface area contributed by atoms with E-state index in [1.807, 2.05) is 17.7 Å². The Hall–Kier alpha value is -3.42. The third-order valence-corrected chi connectivity index (χ3v) is 4.30. The molecule has 3 rings (SSSR count). The molecule has 0 saturated heterocycles. The smallest absolute Gasteiger partial charge is 0.341 e. The summed E-state index contributed by atoms with van der Waals surface area (Å²) in [5, 5.41) is 7.23. The minimum atomic E-state index is -0.394. The van der Waals surface area contributed by atoms with Crippen LogP contribution in [0.2, 0.25) is 0 Å². The lowest BCUT2D eigenvalue weighted by Gasteiger charge is -2.14. The fraction of sp³-hybridized carbons (Fsp3) is 0.300. The number of esters is 1. The molecule has 8 nitrogen and oxygen atoms in total. The van der Waals surface area contributed by atoms with Gasteiger partial charge in [-0.2, -0.15) is 5.10 Å². The summed E-state index contributed by atoms with van der Waals surface area (Å²) >= 11 is 0. The topological polar surface area (TPSA) is 91.0 Å². The maximum atomic E-state index is 12.4. The van der Waals surface area contributed by atoms with Crippen LogP contribution in [0, 0.1) is 6.92 Å². The minimum Gasteiger partial charge on any atom is -0.462 e. The molecule has 1 amide bonds. The lowest BCUT2D eigenvalue weighted by atomic mass is 10.1. The average molecular weight is 381 g/mol.